The van der Waals surface area contributed by atoms with Crippen LogP contribution in [0.2, 0.25) is 5.02 Å². The van der Waals surface area contributed by atoms with Crippen molar-refractivity contribution in [2.45, 2.75) is 6.42 Å². The minimum absolute atomic E-state index is 0.326. The summed E-state index contributed by atoms with van der Waals surface area (Å²) < 4.78 is 16.1. The number of aromatic nitrogens is 2. The third-order valence-electron chi connectivity index (χ3n) is 3.18. The Kier molecular flexibility index (Phi) is 4.20. The van der Waals surface area contributed by atoms with Crippen LogP contribution in [0.25, 0.3) is 16.7 Å². The highest BCUT2D eigenvalue weighted by Gasteiger charge is 2.15. The summed E-state index contributed by atoms with van der Waals surface area (Å²) in [6.45, 7) is 0. The van der Waals surface area contributed by atoms with E-state index in [1.165, 1.54) is 6.07 Å². The molecule has 108 valence electrons. The van der Waals surface area contributed by atoms with Crippen molar-refractivity contribution >= 4 is 50.2 Å². The Bertz CT molecular complexity index is 817. The van der Waals surface area contributed by atoms with Gasteiger partial charge in [0.2, 0.25) is 0 Å². The lowest BCUT2D eigenvalue weighted by molar-refractivity contribution is 0.619. The molecule has 0 N–H and O–H groups in total. The molecule has 0 aliphatic carbocycles. The molecule has 2 aromatic carbocycles. The van der Waals surface area contributed by atoms with Crippen LogP contribution in [0.4, 0.5) is 4.39 Å². The summed E-state index contributed by atoms with van der Waals surface area (Å²) in [5.74, 6) is 0.864. The van der Waals surface area contributed by atoms with E-state index in [2.05, 4.69) is 20.9 Å². The fraction of sp³-hybridized carbons (Fsp3) is 0.133. The van der Waals surface area contributed by atoms with E-state index in [0.717, 1.165) is 11.3 Å². The molecule has 0 unspecified atom stereocenters. The van der Waals surface area contributed by atoms with Crippen molar-refractivity contribution in [3.8, 4) is 5.69 Å². The van der Waals surface area contributed by atoms with Crippen molar-refractivity contribution in [3.05, 3.63) is 57.5 Å². The second kappa shape index (κ2) is 5.95. The van der Waals surface area contributed by atoms with Crippen LogP contribution in [0.5, 0.6) is 0 Å². The van der Waals surface area contributed by atoms with E-state index in [1.54, 1.807) is 12.1 Å². The molecule has 3 rings (SSSR count). The molecule has 0 spiro atoms. The van der Waals surface area contributed by atoms with Crippen LogP contribution in [0.1, 0.15) is 5.82 Å². The third kappa shape index (κ3) is 2.68. The maximum absolute atomic E-state index is 13.8. The van der Waals surface area contributed by atoms with Crippen LogP contribution in [-0.4, -0.2) is 15.4 Å². The topological polar surface area (TPSA) is 17.8 Å². The maximum atomic E-state index is 13.8. The van der Waals surface area contributed by atoms with Gasteiger partial charge in [0.1, 0.15) is 17.2 Å². The van der Waals surface area contributed by atoms with Crippen molar-refractivity contribution in [1.82, 2.24) is 9.55 Å². The summed E-state index contributed by atoms with van der Waals surface area (Å²) in [4.78, 5) is 4.54. The molecule has 0 amide bonds. The van der Waals surface area contributed by atoms with Crippen LogP contribution in [-0.2, 0) is 6.42 Å². The average Bonchev–Trinajstić information content (AvgIpc) is 2.82. The Morgan fingerprint density at radius 3 is 2.76 bits per heavy atom. The zero-order chi connectivity index (χ0) is 15.0. The van der Waals surface area contributed by atoms with Crippen molar-refractivity contribution in [3.63, 3.8) is 0 Å². The number of aryl methyl sites for hydroxylation is 1. The van der Waals surface area contributed by atoms with E-state index in [1.807, 2.05) is 22.8 Å². The van der Waals surface area contributed by atoms with Gasteiger partial charge in [-0.05, 0) is 46.3 Å². The predicted octanol–water partition coefficient (Wildman–Crippen LogP) is 5.36. The van der Waals surface area contributed by atoms with Crippen molar-refractivity contribution in [2.24, 2.45) is 0 Å². The number of fused-ring (bicyclic) bond motifs is 1. The summed E-state index contributed by atoms with van der Waals surface area (Å²) >= 11 is 15.2. The fourth-order valence-corrected chi connectivity index (χ4v) is 2.91. The standard InChI is InChI=1S/C15H10BrCl2FN2/c16-10-5-4-9(8-12(10)19)21-13-3-1-2-11(18)15(13)20-14(21)6-7-17/h1-5,8H,6-7H2. The first-order chi connectivity index (χ1) is 10.1. The molecule has 0 radical (unpaired) electrons. The number of imidazole rings is 1. The molecule has 21 heavy (non-hydrogen) atoms. The molecule has 0 saturated heterocycles. The third-order valence-corrected chi connectivity index (χ3v) is 4.32. The summed E-state index contributed by atoms with van der Waals surface area (Å²) in [6, 6.07) is 10.5. The van der Waals surface area contributed by atoms with E-state index in [9.17, 15) is 4.39 Å². The minimum Gasteiger partial charge on any atom is -0.296 e. The van der Waals surface area contributed by atoms with Crippen molar-refractivity contribution in [2.75, 3.05) is 5.88 Å². The normalized spacial score (nSPS) is 11.2. The van der Waals surface area contributed by atoms with Gasteiger partial charge in [0.25, 0.3) is 0 Å². The van der Waals surface area contributed by atoms with Gasteiger partial charge < -0.3 is 0 Å². The van der Waals surface area contributed by atoms with Gasteiger partial charge in [0.15, 0.2) is 0 Å². The molecule has 0 atom stereocenters. The average molecular weight is 388 g/mol. The molecule has 2 nitrogen and oxygen atoms in total. The predicted molar refractivity (Wildman–Crippen MR) is 88.2 cm³/mol. The molecule has 1 heterocycles. The van der Waals surface area contributed by atoms with Gasteiger partial charge in [0.05, 0.1) is 20.7 Å². The Balaban J connectivity index is 2.30. The number of alkyl halides is 1. The summed E-state index contributed by atoms with van der Waals surface area (Å²) in [7, 11) is 0. The zero-order valence-electron chi connectivity index (χ0n) is 10.8. The van der Waals surface area contributed by atoms with E-state index in [0.29, 0.717) is 33.0 Å². The second-order valence-electron chi connectivity index (χ2n) is 4.51. The quantitative estimate of drug-likeness (QED) is 0.553. The zero-order valence-corrected chi connectivity index (χ0v) is 13.9. The monoisotopic (exact) mass is 386 g/mol. The highest BCUT2D eigenvalue weighted by Crippen LogP contribution is 2.28. The van der Waals surface area contributed by atoms with Gasteiger partial charge in [-0.2, -0.15) is 0 Å². The Morgan fingerprint density at radius 1 is 1.24 bits per heavy atom. The van der Waals surface area contributed by atoms with Crippen LogP contribution in [0, 0.1) is 5.82 Å². The number of benzene rings is 2. The Hall–Kier alpha value is -1.10. The van der Waals surface area contributed by atoms with Gasteiger partial charge >= 0.3 is 0 Å². The minimum atomic E-state index is -0.326. The number of halogens is 4. The van der Waals surface area contributed by atoms with E-state index in [-0.39, 0.29) is 5.82 Å². The number of rotatable bonds is 3. The molecule has 0 aliphatic rings. The van der Waals surface area contributed by atoms with Gasteiger partial charge in [-0.15, -0.1) is 11.6 Å². The molecule has 0 saturated carbocycles. The van der Waals surface area contributed by atoms with Gasteiger partial charge in [0, 0.05) is 12.3 Å². The summed E-state index contributed by atoms with van der Waals surface area (Å²) in [5.41, 5.74) is 2.23. The van der Waals surface area contributed by atoms with E-state index < -0.39 is 0 Å². The van der Waals surface area contributed by atoms with Gasteiger partial charge in [-0.3, -0.25) is 4.57 Å². The van der Waals surface area contributed by atoms with E-state index in [4.69, 9.17) is 23.2 Å². The first-order valence-corrected chi connectivity index (χ1v) is 7.99. The smallest absolute Gasteiger partial charge is 0.139 e. The fourth-order valence-electron chi connectivity index (χ4n) is 2.28. The van der Waals surface area contributed by atoms with Crippen LogP contribution >= 0.6 is 39.1 Å². The second-order valence-corrected chi connectivity index (χ2v) is 6.15. The van der Waals surface area contributed by atoms with Gasteiger partial charge in [-0.1, -0.05) is 17.7 Å². The van der Waals surface area contributed by atoms with E-state index >= 15 is 0 Å². The highest BCUT2D eigenvalue weighted by atomic mass is 79.9. The molecule has 3 aromatic rings. The molecule has 1 aromatic heterocycles. The van der Waals surface area contributed by atoms with Gasteiger partial charge in [-0.25, -0.2) is 9.37 Å². The maximum Gasteiger partial charge on any atom is 0.139 e. The van der Waals surface area contributed by atoms with Crippen molar-refractivity contribution in [1.29, 1.82) is 0 Å². The molecule has 6 heteroatoms. The lowest BCUT2D eigenvalue weighted by atomic mass is 10.2. The number of hydrogen-bond donors (Lipinski definition) is 0. The SMILES string of the molecule is Fc1cc(-n2c(CCCl)nc3c(Cl)cccc32)ccc1Br. The van der Waals surface area contributed by atoms with Crippen LogP contribution in [0.15, 0.2) is 40.9 Å². The number of hydrogen-bond acceptors (Lipinski definition) is 1. The first-order valence-electron chi connectivity index (χ1n) is 6.29. The summed E-state index contributed by atoms with van der Waals surface area (Å²) in [6.07, 6.45) is 0.574. The molecule has 0 aliphatic heterocycles. The molecule has 0 fully saturated rings. The van der Waals surface area contributed by atoms with Crippen LogP contribution < -0.4 is 0 Å². The first kappa shape index (κ1) is 14.8. The molecular weight excluding hydrogens is 378 g/mol. The Labute approximate surface area is 139 Å². The van der Waals surface area contributed by atoms with Crippen LogP contribution in [0.3, 0.4) is 0 Å². The van der Waals surface area contributed by atoms with Crippen molar-refractivity contribution < 1.29 is 4.39 Å². The molecular formula is C15H10BrCl2FN2. The highest BCUT2D eigenvalue weighted by molar-refractivity contribution is 9.10. The lowest BCUT2D eigenvalue weighted by Crippen LogP contribution is -2.02. The largest absolute Gasteiger partial charge is 0.296 e. The summed E-state index contributed by atoms with van der Waals surface area (Å²) in [5, 5.41) is 0.569. The molecule has 0 bridgehead atoms. The number of nitrogens with zero attached hydrogens (tertiary/aromatic N) is 2. The Morgan fingerprint density at radius 2 is 2.05 bits per heavy atom. The lowest BCUT2D eigenvalue weighted by Gasteiger charge is -2.09. The number of para-hydroxylation sites is 1.